The summed E-state index contributed by atoms with van der Waals surface area (Å²) in [5, 5.41) is 2.84. The topological polar surface area (TPSA) is 88.9 Å². The van der Waals surface area contributed by atoms with Crippen LogP contribution in [0.5, 0.6) is 5.75 Å². The third-order valence-electron chi connectivity index (χ3n) is 3.22. The van der Waals surface area contributed by atoms with Crippen LogP contribution in [0.4, 0.5) is 0 Å². The summed E-state index contributed by atoms with van der Waals surface area (Å²) >= 11 is 5.87. The van der Waals surface area contributed by atoms with E-state index < -0.39 is 15.9 Å². The van der Waals surface area contributed by atoms with Crippen molar-refractivity contribution in [2.24, 2.45) is 0 Å². The number of likely N-dealkylation sites (N-methyl/N-ethyl adjacent to an activating group) is 1. The fourth-order valence-electron chi connectivity index (χ4n) is 1.96. The van der Waals surface area contributed by atoms with Crippen LogP contribution in [0, 0.1) is 0 Å². The van der Waals surface area contributed by atoms with Crippen molar-refractivity contribution >= 4 is 27.5 Å². The van der Waals surface area contributed by atoms with Crippen molar-refractivity contribution in [1.82, 2.24) is 9.62 Å². The number of rotatable bonds is 7. The Kier molecular flexibility index (Phi) is 5.87. The summed E-state index contributed by atoms with van der Waals surface area (Å²) in [5.74, 6) is 0.270. The molecule has 130 valence electrons. The Labute approximate surface area is 145 Å². The van der Waals surface area contributed by atoms with E-state index in [-0.39, 0.29) is 28.8 Å². The van der Waals surface area contributed by atoms with E-state index in [0.29, 0.717) is 5.76 Å². The number of halogens is 1. The number of hydrogen-bond donors (Lipinski definition) is 1. The molecule has 1 aromatic heterocycles. The Bertz CT molecular complexity index is 805. The number of amides is 1. The molecule has 9 heteroatoms. The van der Waals surface area contributed by atoms with Crippen molar-refractivity contribution in [2.75, 3.05) is 20.7 Å². The number of carbonyl (C=O) groups excluding carboxylic acids is 1. The molecule has 1 N–H and O–H groups in total. The van der Waals surface area contributed by atoms with Gasteiger partial charge in [-0.2, -0.15) is 4.31 Å². The quantitative estimate of drug-likeness (QED) is 0.801. The zero-order valence-electron chi connectivity index (χ0n) is 13.2. The van der Waals surface area contributed by atoms with Crippen LogP contribution >= 0.6 is 11.6 Å². The van der Waals surface area contributed by atoms with Crippen molar-refractivity contribution in [3.63, 3.8) is 0 Å². The molecule has 0 aliphatic heterocycles. The first-order valence-electron chi connectivity index (χ1n) is 6.93. The molecule has 0 saturated heterocycles. The van der Waals surface area contributed by atoms with E-state index >= 15 is 0 Å². The number of methoxy groups -OCH3 is 1. The lowest BCUT2D eigenvalue weighted by Crippen LogP contribution is -2.38. The molecule has 0 spiro atoms. The molecule has 1 amide bonds. The molecule has 7 nitrogen and oxygen atoms in total. The van der Waals surface area contributed by atoms with E-state index in [1.165, 1.54) is 38.6 Å². The lowest BCUT2D eigenvalue weighted by atomic mass is 10.3. The molecule has 0 aliphatic carbocycles. The summed E-state index contributed by atoms with van der Waals surface area (Å²) in [5.41, 5.74) is 0. The third kappa shape index (κ3) is 4.28. The van der Waals surface area contributed by atoms with Gasteiger partial charge in [0.05, 0.1) is 26.5 Å². The van der Waals surface area contributed by atoms with Gasteiger partial charge in [-0.05, 0) is 30.3 Å². The largest absolute Gasteiger partial charge is 0.495 e. The van der Waals surface area contributed by atoms with Crippen LogP contribution in [0.3, 0.4) is 0 Å². The number of sulfonamides is 1. The number of hydrogen-bond acceptors (Lipinski definition) is 5. The van der Waals surface area contributed by atoms with Crippen LogP contribution in [-0.4, -0.2) is 39.3 Å². The average Bonchev–Trinajstić information content (AvgIpc) is 3.06. The maximum atomic E-state index is 12.6. The van der Waals surface area contributed by atoms with Gasteiger partial charge in [-0.25, -0.2) is 8.42 Å². The molecule has 24 heavy (non-hydrogen) atoms. The number of benzene rings is 1. The van der Waals surface area contributed by atoms with Gasteiger partial charge < -0.3 is 14.5 Å². The summed E-state index contributed by atoms with van der Waals surface area (Å²) in [6.07, 6.45) is 1.49. The fourth-order valence-corrected chi connectivity index (χ4v) is 3.50. The average molecular weight is 373 g/mol. The Morgan fingerprint density at radius 3 is 2.75 bits per heavy atom. The van der Waals surface area contributed by atoms with Gasteiger partial charge in [0, 0.05) is 12.1 Å². The Hall–Kier alpha value is -2.03. The highest BCUT2D eigenvalue weighted by Gasteiger charge is 2.26. The molecule has 0 bridgehead atoms. The van der Waals surface area contributed by atoms with Gasteiger partial charge in [-0.1, -0.05) is 11.6 Å². The van der Waals surface area contributed by atoms with Crippen LogP contribution < -0.4 is 10.1 Å². The molecule has 0 radical (unpaired) electrons. The van der Waals surface area contributed by atoms with Gasteiger partial charge in [0.25, 0.3) is 0 Å². The molecule has 0 aliphatic rings. The molecule has 1 heterocycles. The summed E-state index contributed by atoms with van der Waals surface area (Å²) in [4.78, 5) is 11.8. The molecular weight excluding hydrogens is 356 g/mol. The van der Waals surface area contributed by atoms with Gasteiger partial charge in [-0.15, -0.1) is 0 Å². The van der Waals surface area contributed by atoms with Gasteiger partial charge >= 0.3 is 0 Å². The second-order valence-corrected chi connectivity index (χ2v) is 7.36. The zero-order valence-corrected chi connectivity index (χ0v) is 14.7. The van der Waals surface area contributed by atoms with Gasteiger partial charge in [0.1, 0.15) is 16.4 Å². The van der Waals surface area contributed by atoms with Crippen molar-refractivity contribution in [3.05, 3.63) is 47.4 Å². The summed E-state index contributed by atoms with van der Waals surface area (Å²) < 4.78 is 36.3. The highest BCUT2D eigenvalue weighted by molar-refractivity contribution is 7.89. The standard InChI is InChI=1S/C15H17ClN2O5S/c1-18(10-15(19)17-9-12-4-3-7-23-12)24(20,21)14-8-11(16)5-6-13(14)22-2/h3-8H,9-10H2,1-2H3,(H,17,19). The van der Waals surface area contributed by atoms with E-state index in [9.17, 15) is 13.2 Å². The minimum absolute atomic E-state index is 0.0983. The number of nitrogens with one attached hydrogen (secondary N) is 1. The van der Waals surface area contributed by atoms with Crippen molar-refractivity contribution < 1.29 is 22.4 Å². The van der Waals surface area contributed by atoms with E-state index in [1.807, 2.05) is 0 Å². The lowest BCUT2D eigenvalue weighted by molar-refractivity contribution is -0.121. The van der Waals surface area contributed by atoms with Crippen LogP contribution in [0.1, 0.15) is 5.76 Å². The Morgan fingerprint density at radius 1 is 1.38 bits per heavy atom. The Balaban J connectivity index is 2.08. The summed E-state index contributed by atoms with van der Waals surface area (Å²) in [7, 11) is -1.26. The highest BCUT2D eigenvalue weighted by Crippen LogP contribution is 2.28. The monoisotopic (exact) mass is 372 g/mol. The van der Waals surface area contributed by atoms with E-state index in [2.05, 4.69) is 5.32 Å². The van der Waals surface area contributed by atoms with Crippen LogP contribution in [0.15, 0.2) is 45.9 Å². The van der Waals surface area contributed by atoms with Crippen molar-refractivity contribution in [3.8, 4) is 5.75 Å². The zero-order chi connectivity index (χ0) is 17.7. The first-order chi connectivity index (χ1) is 11.3. The smallest absolute Gasteiger partial charge is 0.247 e. The predicted octanol–water partition coefficient (Wildman–Crippen LogP) is 1.88. The molecule has 0 fully saturated rings. The minimum Gasteiger partial charge on any atom is -0.495 e. The number of ether oxygens (including phenoxy) is 1. The van der Waals surface area contributed by atoms with E-state index in [0.717, 1.165) is 4.31 Å². The molecule has 2 aromatic rings. The molecule has 0 atom stereocenters. The van der Waals surface area contributed by atoms with Crippen LogP contribution in [0.25, 0.3) is 0 Å². The fraction of sp³-hybridized carbons (Fsp3) is 0.267. The molecule has 1 aromatic carbocycles. The second-order valence-electron chi connectivity index (χ2n) is 4.91. The van der Waals surface area contributed by atoms with Gasteiger partial charge in [-0.3, -0.25) is 4.79 Å². The summed E-state index contributed by atoms with van der Waals surface area (Å²) in [6.45, 7) is -0.168. The molecule has 0 saturated carbocycles. The van der Waals surface area contributed by atoms with E-state index in [1.54, 1.807) is 12.1 Å². The van der Waals surface area contributed by atoms with Crippen molar-refractivity contribution in [2.45, 2.75) is 11.4 Å². The number of carbonyl (C=O) groups is 1. The first-order valence-corrected chi connectivity index (χ1v) is 8.75. The van der Waals surface area contributed by atoms with Crippen molar-refractivity contribution in [1.29, 1.82) is 0 Å². The molecule has 2 rings (SSSR count). The lowest BCUT2D eigenvalue weighted by Gasteiger charge is -2.18. The predicted molar refractivity (Wildman–Crippen MR) is 88.4 cm³/mol. The molecular formula is C15H17ClN2O5S. The van der Waals surface area contributed by atoms with E-state index in [4.69, 9.17) is 20.8 Å². The third-order valence-corrected chi connectivity index (χ3v) is 5.28. The second kappa shape index (κ2) is 7.69. The normalized spacial score (nSPS) is 11.5. The number of furan rings is 1. The van der Waals surface area contributed by atoms with Crippen LogP contribution in [-0.2, 0) is 21.4 Å². The maximum Gasteiger partial charge on any atom is 0.247 e. The maximum absolute atomic E-state index is 12.6. The van der Waals surface area contributed by atoms with Gasteiger partial charge in [0.2, 0.25) is 15.9 Å². The molecule has 0 unspecified atom stereocenters. The SMILES string of the molecule is COc1ccc(Cl)cc1S(=O)(=O)N(C)CC(=O)NCc1ccco1. The van der Waals surface area contributed by atoms with Gasteiger partial charge in [0.15, 0.2) is 0 Å². The first kappa shape index (κ1) is 18.3. The number of nitrogens with zero attached hydrogens (tertiary/aromatic N) is 1. The Morgan fingerprint density at radius 2 is 2.12 bits per heavy atom. The minimum atomic E-state index is -3.93. The van der Waals surface area contributed by atoms with Crippen LogP contribution in [0.2, 0.25) is 5.02 Å². The highest BCUT2D eigenvalue weighted by atomic mass is 35.5. The summed E-state index contributed by atoms with van der Waals surface area (Å²) in [6, 6.07) is 7.67.